The van der Waals surface area contributed by atoms with Crippen LogP contribution in [0.15, 0.2) is 24.3 Å². The molecule has 2 atom stereocenters. The van der Waals surface area contributed by atoms with Crippen molar-refractivity contribution in [1.29, 1.82) is 0 Å². The lowest BCUT2D eigenvalue weighted by Gasteiger charge is -2.22. The zero-order valence-corrected chi connectivity index (χ0v) is 14.9. The molecule has 0 saturated heterocycles. The molecule has 22 heavy (non-hydrogen) atoms. The van der Waals surface area contributed by atoms with Crippen LogP contribution in [0.5, 0.6) is 0 Å². The molecular weight excluding hydrogens is 274 g/mol. The van der Waals surface area contributed by atoms with E-state index in [1.54, 1.807) is 0 Å². The van der Waals surface area contributed by atoms with Gasteiger partial charge in [0.05, 0.1) is 0 Å². The molecule has 0 spiro atoms. The van der Waals surface area contributed by atoms with E-state index in [9.17, 15) is 0 Å². The topological polar surface area (TPSA) is 30.5 Å². The first-order valence-electron chi connectivity index (χ1n) is 8.74. The molecule has 1 aromatic rings. The average Bonchev–Trinajstić information content (AvgIpc) is 2.54. The summed E-state index contributed by atoms with van der Waals surface area (Å²) in [6, 6.07) is 8.97. The molecule has 2 unspecified atom stereocenters. The quantitative estimate of drug-likeness (QED) is 0.556. The minimum atomic E-state index is -0.258. The SMILES string of the molecule is CCOC(OCC)c1ccc(NC(CC)CC(C)CC)cc1. The zero-order chi connectivity index (χ0) is 16.4. The molecule has 0 aliphatic heterocycles. The lowest BCUT2D eigenvalue weighted by molar-refractivity contribution is -0.140. The first-order chi connectivity index (χ1) is 10.6. The Hall–Kier alpha value is -1.06. The van der Waals surface area contributed by atoms with E-state index in [1.807, 2.05) is 13.8 Å². The van der Waals surface area contributed by atoms with Crippen LogP contribution in [0.3, 0.4) is 0 Å². The van der Waals surface area contributed by atoms with Crippen molar-refractivity contribution in [2.45, 2.75) is 66.2 Å². The van der Waals surface area contributed by atoms with E-state index >= 15 is 0 Å². The lowest BCUT2D eigenvalue weighted by atomic mass is 9.97. The van der Waals surface area contributed by atoms with Gasteiger partial charge in [-0.25, -0.2) is 0 Å². The van der Waals surface area contributed by atoms with Gasteiger partial charge in [-0.3, -0.25) is 0 Å². The van der Waals surface area contributed by atoms with E-state index in [1.165, 1.54) is 18.5 Å². The fraction of sp³-hybridized carbons (Fsp3) is 0.684. The highest BCUT2D eigenvalue weighted by molar-refractivity contribution is 5.45. The van der Waals surface area contributed by atoms with E-state index < -0.39 is 0 Å². The van der Waals surface area contributed by atoms with Gasteiger partial charge >= 0.3 is 0 Å². The molecular formula is C19H33NO2. The maximum atomic E-state index is 5.64. The second-order valence-corrected chi connectivity index (χ2v) is 5.86. The third kappa shape index (κ3) is 6.37. The normalized spacial score (nSPS) is 14.1. The van der Waals surface area contributed by atoms with E-state index in [4.69, 9.17) is 9.47 Å². The van der Waals surface area contributed by atoms with Gasteiger partial charge in [-0.1, -0.05) is 39.3 Å². The highest BCUT2D eigenvalue weighted by Crippen LogP contribution is 2.22. The van der Waals surface area contributed by atoms with Crippen molar-refractivity contribution in [3.8, 4) is 0 Å². The van der Waals surface area contributed by atoms with Crippen LogP contribution in [0.2, 0.25) is 0 Å². The van der Waals surface area contributed by atoms with Gasteiger partial charge in [0.25, 0.3) is 0 Å². The molecule has 0 aliphatic carbocycles. The second kappa shape index (κ2) is 10.6. The van der Waals surface area contributed by atoms with Gasteiger partial charge in [0.2, 0.25) is 0 Å². The summed E-state index contributed by atoms with van der Waals surface area (Å²) in [7, 11) is 0. The van der Waals surface area contributed by atoms with Gasteiger partial charge in [-0.15, -0.1) is 0 Å². The predicted octanol–water partition coefficient (Wildman–Crippen LogP) is 5.38. The number of anilines is 1. The number of hydrogen-bond acceptors (Lipinski definition) is 3. The minimum Gasteiger partial charge on any atom is -0.382 e. The average molecular weight is 307 g/mol. The van der Waals surface area contributed by atoms with Gasteiger partial charge in [-0.05, 0) is 44.7 Å². The minimum absolute atomic E-state index is 0.258. The van der Waals surface area contributed by atoms with E-state index in [0.717, 1.165) is 17.9 Å². The van der Waals surface area contributed by atoms with Crippen LogP contribution in [0.25, 0.3) is 0 Å². The molecule has 0 heterocycles. The fourth-order valence-electron chi connectivity index (χ4n) is 2.50. The van der Waals surface area contributed by atoms with Crippen LogP contribution >= 0.6 is 0 Å². The molecule has 0 fully saturated rings. The third-order valence-electron chi connectivity index (χ3n) is 4.07. The third-order valence-corrected chi connectivity index (χ3v) is 4.07. The van der Waals surface area contributed by atoms with Crippen LogP contribution in [0.4, 0.5) is 5.69 Å². The van der Waals surface area contributed by atoms with Crippen LogP contribution in [-0.2, 0) is 9.47 Å². The zero-order valence-electron chi connectivity index (χ0n) is 14.9. The number of nitrogens with one attached hydrogen (secondary N) is 1. The summed E-state index contributed by atoms with van der Waals surface area (Å²) < 4.78 is 11.3. The summed E-state index contributed by atoms with van der Waals surface area (Å²) in [5, 5.41) is 3.64. The van der Waals surface area contributed by atoms with Gasteiger partial charge in [0, 0.05) is 30.5 Å². The van der Waals surface area contributed by atoms with Crippen LogP contribution in [0, 0.1) is 5.92 Å². The van der Waals surface area contributed by atoms with E-state index in [2.05, 4.69) is 50.4 Å². The summed E-state index contributed by atoms with van der Waals surface area (Å²) in [5.41, 5.74) is 2.25. The molecule has 3 nitrogen and oxygen atoms in total. The highest BCUT2D eigenvalue weighted by atomic mass is 16.7. The first kappa shape index (κ1) is 19.0. The fourth-order valence-corrected chi connectivity index (χ4v) is 2.50. The monoisotopic (exact) mass is 307 g/mol. The van der Waals surface area contributed by atoms with E-state index in [-0.39, 0.29) is 6.29 Å². The highest BCUT2D eigenvalue weighted by Gasteiger charge is 2.13. The molecule has 126 valence electrons. The molecule has 3 heteroatoms. The van der Waals surface area contributed by atoms with Gasteiger partial charge in [0.1, 0.15) is 0 Å². The molecule has 0 saturated carbocycles. The van der Waals surface area contributed by atoms with Crippen molar-refractivity contribution >= 4 is 5.69 Å². The van der Waals surface area contributed by atoms with Crippen molar-refractivity contribution in [1.82, 2.24) is 0 Å². The van der Waals surface area contributed by atoms with Crippen molar-refractivity contribution in [3.05, 3.63) is 29.8 Å². The van der Waals surface area contributed by atoms with Gasteiger partial charge < -0.3 is 14.8 Å². The van der Waals surface area contributed by atoms with Crippen molar-refractivity contribution in [3.63, 3.8) is 0 Å². The summed E-state index contributed by atoms with van der Waals surface area (Å²) in [4.78, 5) is 0. The molecule has 1 rings (SSSR count). The molecule has 1 N–H and O–H groups in total. The maximum Gasteiger partial charge on any atom is 0.183 e. The summed E-state index contributed by atoms with van der Waals surface area (Å²) in [6.45, 7) is 12.1. The summed E-state index contributed by atoms with van der Waals surface area (Å²) in [5.74, 6) is 0.761. The lowest BCUT2D eigenvalue weighted by Crippen LogP contribution is -2.21. The van der Waals surface area contributed by atoms with Crippen LogP contribution in [-0.4, -0.2) is 19.3 Å². The van der Waals surface area contributed by atoms with Crippen molar-refractivity contribution in [2.75, 3.05) is 18.5 Å². The Labute approximate surface area is 136 Å². The Morgan fingerprint density at radius 1 is 0.909 bits per heavy atom. The Morgan fingerprint density at radius 3 is 1.95 bits per heavy atom. The Kier molecular flexibility index (Phi) is 9.17. The Bertz CT molecular complexity index is 385. The molecule has 0 aromatic heterocycles. The van der Waals surface area contributed by atoms with Crippen molar-refractivity contribution in [2.24, 2.45) is 5.92 Å². The molecule has 0 amide bonds. The Balaban J connectivity index is 2.66. The standard InChI is InChI=1S/C19H33NO2/c1-6-15(5)14-17(7-2)20-18-12-10-16(11-13-18)19(21-8-3)22-9-4/h10-13,15,17,19-20H,6-9,14H2,1-5H3. The number of rotatable bonds is 11. The summed E-state index contributed by atoms with van der Waals surface area (Å²) >= 11 is 0. The largest absolute Gasteiger partial charge is 0.382 e. The van der Waals surface area contributed by atoms with Crippen molar-refractivity contribution < 1.29 is 9.47 Å². The van der Waals surface area contributed by atoms with Gasteiger partial charge in [0.15, 0.2) is 6.29 Å². The first-order valence-corrected chi connectivity index (χ1v) is 8.74. The number of ether oxygens (including phenoxy) is 2. The van der Waals surface area contributed by atoms with Gasteiger partial charge in [-0.2, -0.15) is 0 Å². The van der Waals surface area contributed by atoms with Crippen LogP contribution < -0.4 is 5.32 Å². The van der Waals surface area contributed by atoms with Crippen LogP contribution in [0.1, 0.15) is 65.7 Å². The molecule has 1 aromatic carbocycles. The molecule has 0 radical (unpaired) electrons. The predicted molar refractivity (Wildman–Crippen MR) is 94.2 cm³/mol. The molecule has 0 bridgehead atoms. The number of benzene rings is 1. The second-order valence-electron chi connectivity index (χ2n) is 5.86. The smallest absolute Gasteiger partial charge is 0.183 e. The molecule has 0 aliphatic rings. The summed E-state index contributed by atoms with van der Waals surface area (Å²) in [6.07, 6.45) is 3.34. The number of hydrogen-bond donors (Lipinski definition) is 1. The maximum absolute atomic E-state index is 5.64. The Morgan fingerprint density at radius 2 is 1.50 bits per heavy atom. The van der Waals surface area contributed by atoms with E-state index in [0.29, 0.717) is 19.3 Å².